The van der Waals surface area contributed by atoms with E-state index in [1.165, 1.54) is 7.11 Å². The molecule has 0 fully saturated rings. The molecule has 0 radical (unpaired) electrons. The molecule has 0 aliphatic carbocycles. The number of aldehydes is 1. The summed E-state index contributed by atoms with van der Waals surface area (Å²) in [7, 11) is 1.30. The predicted molar refractivity (Wildman–Crippen MR) is 84.2 cm³/mol. The summed E-state index contributed by atoms with van der Waals surface area (Å²) >= 11 is 10.6. The lowest BCUT2D eigenvalue weighted by molar-refractivity contribution is 0.0595. The first-order valence-corrected chi connectivity index (χ1v) is 7.71. The number of methoxy groups -OCH3 is 1. The molecule has 0 atom stereocenters. The Morgan fingerprint density at radius 3 is 2.90 bits per heavy atom. The first-order valence-electron chi connectivity index (χ1n) is 5.72. The molecule has 2 aromatic rings. The van der Waals surface area contributed by atoms with Gasteiger partial charge in [-0.05, 0) is 24.3 Å². The van der Waals surface area contributed by atoms with Crippen molar-refractivity contribution in [2.45, 2.75) is 9.92 Å². The molecule has 0 unspecified atom stereocenters. The molecule has 0 aliphatic heterocycles. The van der Waals surface area contributed by atoms with Gasteiger partial charge < -0.3 is 4.74 Å². The lowest BCUT2D eigenvalue weighted by atomic mass is 10.2. The molecule has 1 heterocycles. The Morgan fingerprint density at radius 2 is 2.24 bits per heavy atom. The van der Waals surface area contributed by atoms with Crippen LogP contribution >= 0.6 is 39.3 Å². The second kappa shape index (κ2) is 7.06. The van der Waals surface area contributed by atoms with Gasteiger partial charge in [-0.25, -0.2) is 9.78 Å². The minimum absolute atomic E-state index is 0.320. The standard InChI is InChI=1S/C14H9BrClNO3S/c1-20-14(19)10-3-2-4-17-13(10)21-12-8(7-18)5-9(15)6-11(12)16/h2-7H,1H3. The number of carbonyl (C=O) groups excluding carboxylic acids is 2. The van der Waals surface area contributed by atoms with Crippen LogP contribution in [0.5, 0.6) is 0 Å². The van der Waals surface area contributed by atoms with Crippen molar-refractivity contribution in [3.63, 3.8) is 0 Å². The van der Waals surface area contributed by atoms with E-state index in [1.807, 2.05) is 0 Å². The van der Waals surface area contributed by atoms with Crippen LogP contribution in [0, 0.1) is 0 Å². The Kier molecular flexibility index (Phi) is 5.39. The molecule has 0 aliphatic rings. The highest BCUT2D eigenvalue weighted by molar-refractivity contribution is 9.10. The number of aromatic nitrogens is 1. The molecule has 108 valence electrons. The van der Waals surface area contributed by atoms with Crippen molar-refractivity contribution in [2.24, 2.45) is 0 Å². The highest BCUT2D eigenvalue weighted by atomic mass is 79.9. The molecule has 4 nitrogen and oxygen atoms in total. The average molecular weight is 387 g/mol. The Labute approximate surface area is 139 Å². The Bertz CT molecular complexity index is 709. The molecule has 1 aromatic carbocycles. The van der Waals surface area contributed by atoms with Gasteiger partial charge in [0.1, 0.15) is 5.03 Å². The quantitative estimate of drug-likeness (QED) is 0.581. The van der Waals surface area contributed by atoms with E-state index < -0.39 is 5.97 Å². The van der Waals surface area contributed by atoms with Crippen molar-refractivity contribution in [3.05, 3.63) is 51.1 Å². The summed E-state index contributed by atoms with van der Waals surface area (Å²) in [6.07, 6.45) is 2.27. The van der Waals surface area contributed by atoms with Crippen molar-refractivity contribution in [3.8, 4) is 0 Å². The van der Waals surface area contributed by atoms with E-state index in [0.717, 1.165) is 11.8 Å². The fraction of sp³-hybridized carbons (Fsp3) is 0.0714. The fourth-order valence-corrected chi connectivity index (χ4v) is 3.51. The zero-order valence-corrected chi connectivity index (χ0v) is 14.0. The number of nitrogens with zero attached hydrogens (tertiary/aromatic N) is 1. The van der Waals surface area contributed by atoms with Crippen LogP contribution in [-0.4, -0.2) is 24.3 Å². The smallest absolute Gasteiger partial charge is 0.340 e. The number of pyridine rings is 1. The zero-order valence-electron chi connectivity index (χ0n) is 10.8. The van der Waals surface area contributed by atoms with Gasteiger partial charge in [-0.3, -0.25) is 4.79 Å². The van der Waals surface area contributed by atoms with Crippen LogP contribution in [0.15, 0.2) is 44.9 Å². The summed E-state index contributed by atoms with van der Waals surface area (Å²) in [4.78, 5) is 27.6. The normalized spacial score (nSPS) is 10.2. The van der Waals surface area contributed by atoms with E-state index >= 15 is 0 Å². The SMILES string of the molecule is COC(=O)c1cccnc1Sc1c(Cl)cc(Br)cc1C=O. The topological polar surface area (TPSA) is 56.3 Å². The molecule has 0 N–H and O–H groups in total. The number of hydrogen-bond donors (Lipinski definition) is 0. The van der Waals surface area contributed by atoms with Gasteiger partial charge in [-0.15, -0.1) is 0 Å². The first-order chi connectivity index (χ1) is 10.1. The maximum Gasteiger partial charge on any atom is 0.340 e. The second-order valence-electron chi connectivity index (χ2n) is 3.87. The van der Waals surface area contributed by atoms with E-state index in [-0.39, 0.29) is 0 Å². The molecule has 7 heteroatoms. The summed E-state index contributed by atoms with van der Waals surface area (Å²) in [6.45, 7) is 0. The van der Waals surface area contributed by atoms with Crippen LogP contribution in [0.3, 0.4) is 0 Å². The molecule has 0 saturated heterocycles. The van der Waals surface area contributed by atoms with Crippen molar-refractivity contribution in [2.75, 3.05) is 7.11 Å². The maximum absolute atomic E-state index is 11.7. The lowest BCUT2D eigenvalue weighted by Crippen LogP contribution is -2.04. The third-order valence-electron chi connectivity index (χ3n) is 2.54. The van der Waals surface area contributed by atoms with Crippen LogP contribution < -0.4 is 0 Å². The maximum atomic E-state index is 11.7. The number of carbonyl (C=O) groups is 2. The molecule has 21 heavy (non-hydrogen) atoms. The Hall–Kier alpha value is -1.37. The monoisotopic (exact) mass is 385 g/mol. The van der Waals surface area contributed by atoms with Gasteiger partial charge in [0, 0.05) is 21.1 Å². The summed E-state index contributed by atoms with van der Waals surface area (Å²) in [5.74, 6) is -0.494. The lowest BCUT2D eigenvalue weighted by Gasteiger charge is -2.10. The molecule has 1 aromatic heterocycles. The van der Waals surface area contributed by atoms with E-state index in [9.17, 15) is 9.59 Å². The molecule has 0 amide bonds. The first kappa shape index (κ1) is 16.0. The van der Waals surface area contributed by atoms with Gasteiger partial charge in [0.25, 0.3) is 0 Å². The van der Waals surface area contributed by atoms with Gasteiger partial charge in [0.2, 0.25) is 0 Å². The van der Waals surface area contributed by atoms with Crippen LogP contribution in [-0.2, 0) is 4.74 Å². The minimum Gasteiger partial charge on any atom is -0.465 e. The molecular weight excluding hydrogens is 378 g/mol. The van der Waals surface area contributed by atoms with Crippen molar-refractivity contribution in [1.29, 1.82) is 0 Å². The Balaban J connectivity index is 2.48. The van der Waals surface area contributed by atoms with E-state index in [1.54, 1.807) is 30.5 Å². The van der Waals surface area contributed by atoms with Gasteiger partial charge >= 0.3 is 5.97 Å². The summed E-state index contributed by atoms with van der Waals surface area (Å²) in [6, 6.07) is 6.58. The van der Waals surface area contributed by atoms with Crippen LogP contribution in [0.1, 0.15) is 20.7 Å². The van der Waals surface area contributed by atoms with Crippen molar-refractivity contribution < 1.29 is 14.3 Å². The number of esters is 1. The number of hydrogen-bond acceptors (Lipinski definition) is 5. The third kappa shape index (κ3) is 3.64. The average Bonchev–Trinajstić information content (AvgIpc) is 2.49. The second-order valence-corrected chi connectivity index (χ2v) is 6.20. The molecule has 0 saturated carbocycles. The van der Waals surface area contributed by atoms with Crippen molar-refractivity contribution >= 4 is 51.5 Å². The van der Waals surface area contributed by atoms with Crippen LogP contribution in [0.2, 0.25) is 5.02 Å². The summed E-state index contributed by atoms with van der Waals surface area (Å²) in [5, 5.41) is 0.828. The minimum atomic E-state index is -0.494. The number of rotatable bonds is 4. The van der Waals surface area contributed by atoms with Crippen molar-refractivity contribution in [1.82, 2.24) is 4.98 Å². The van der Waals surface area contributed by atoms with E-state index in [4.69, 9.17) is 16.3 Å². The number of benzene rings is 1. The van der Waals surface area contributed by atoms with Gasteiger partial charge in [0.05, 0.1) is 17.7 Å². The van der Waals surface area contributed by atoms with Gasteiger partial charge in [-0.1, -0.05) is 39.3 Å². The largest absolute Gasteiger partial charge is 0.465 e. The third-order valence-corrected chi connectivity index (χ3v) is 4.59. The van der Waals surface area contributed by atoms with Gasteiger partial charge in [-0.2, -0.15) is 0 Å². The summed E-state index contributed by atoms with van der Waals surface area (Å²) in [5.41, 5.74) is 0.738. The van der Waals surface area contributed by atoms with Crippen LogP contribution in [0.4, 0.5) is 0 Å². The van der Waals surface area contributed by atoms with Crippen LogP contribution in [0.25, 0.3) is 0 Å². The molecule has 0 spiro atoms. The predicted octanol–water partition coefficient (Wildman–Crippen LogP) is 4.25. The Morgan fingerprint density at radius 1 is 1.48 bits per heavy atom. The summed E-state index contributed by atoms with van der Waals surface area (Å²) < 4.78 is 5.42. The molecule has 2 rings (SSSR count). The van der Waals surface area contributed by atoms with E-state index in [0.29, 0.717) is 36.8 Å². The fourth-order valence-electron chi connectivity index (χ4n) is 1.61. The zero-order chi connectivity index (χ0) is 15.4. The van der Waals surface area contributed by atoms with Gasteiger partial charge in [0.15, 0.2) is 6.29 Å². The molecular formula is C14H9BrClNO3S. The molecule has 0 bridgehead atoms. The number of ether oxygens (including phenoxy) is 1. The highest BCUT2D eigenvalue weighted by Crippen LogP contribution is 2.37. The highest BCUT2D eigenvalue weighted by Gasteiger charge is 2.17. The number of halogens is 2. The van der Waals surface area contributed by atoms with E-state index in [2.05, 4.69) is 20.9 Å².